The summed E-state index contributed by atoms with van der Waals surface area (Å²) >= 11 is 0. The van der Waals surface area contributed by atoms with E-state index in [9.17, 15) is 0 Å². The van der Waals surface area contributed by atoms with E-state index in [1.165, 1.54) is 0 Å². The van der Waals surface area contributed by atoms with Gasteiger partial charge in [-0.25, -0.2) is 29.9 Å². The van der Waals surface area contributed by atoms with Gasteiger partial charge in [0.2, 0.25) is 23.2 Å². The molecule has 0 amide bonds. The second kappa shape index (κ2) is 33.3. The summed E-state index contributed by atoms with van der Waals surface area (Å²) in [4.78, 5) is 70.9. The maximum Gasteiger partial charge on any atom is 0.213 e. The van der Waals surface area contributed by atoms with Crippen molar-refractivity contribution in [3.63, 3.8) is 0 Å². The van der Waals surface area contributed by atoms with Gasteiger partial charge >= 0.3 is 0 Å². The molecule has 5 heterocycles. The minimum atomic E-state index is -1.73. The van der Waals surface area contributed by atoms with Gasteiger partial charge in [-0.2, -0.15) is 0 Å². The highest BCUT2D eigenvalue weighted by molar-refractivity contribution is 6.19. The number of Topliss-reactive ketones (excluding diaryl/α,β-unsaturated/α-hetero) is 2. The molecule has 2 aliphatic heterocycles. The van der Waals surface area contributed by atoms with Crippen molar-refractivity contribution in [3.8, 4) is 91.8 Å². The highest BCUT2D eigenvalue weighted by Gasteiger charge is 2.44. The highest BCUT2D eigenvalue weighted by Crippen LogP contribution is 2.54. The Morgan fingerprint density at radius 3 is 0.622 bits per heavy atom. The quantitative estimate of drug-likeness (QED) is 0.0542. The van der Waals surface area contributed by atoms with Crippen LogP contribution in [0.15, 0.2) is 146 Å². The number of hydrogen-bond acceptors (Lipinski definition) is 14. The molecular weight excluding hydrogens is 1480 g/mol. The third-order valence-electron chi connectivity index (χ3n) is 23.3. The number of para-hydroxylation sites is 6. The fraction of sp³-hybridized carbons (Fsp3) is 0.379. The number of carbonyl (C=O) groups is 2. The van der Waals surface area contributed by atoms with Gasteiger partial charge in [-0.1, -0.05) is 275 Å². The van der Waals surface area contributed by atoms with Gasteiger partial charge in [0.25, 0.3) is 0 Å². The Bertz CT molecular complexity index is 5990. The van der Waals surface area contributed by atoms with Crippen LogP contribution in [0.4, 0.5) is 0 Å². The van der Waals surface area contributed by atoms with Crippen molar-refractivity contribution in [1.82, 2.24) is 39.9 Å². The van der Waals surface area contributed by atoms with Gasteiger partial charge in [0, 0.05) is 32.7 Å². The second-order valence-corrected chi connectivity index (χ2v) is 36.5. The number of hydrogen-bond donors (Lipinski definition) is 2. The number of ether oxygens (including phenoxy) is 6. The summed E-state index contributed by atoms with van der Waals surface area (Å²) < 4.78 is 45.3. The Morgan fingerprint density at radius 2 is 0.403 bits per heavy atom. The molecule has 0 radical (unpaired) electrons. The number of ketones is 2. The lowest BCUT2D eigenvalue weighted by atomic mass is 9.81. The molecular formula is C103H116N8O8. The van der Waals surface area contributed by atoms with E-state index in [0.717, 1.165) is 78.3 Å². The molecule has 0 atom stereocenters. The zero-order valence-electron chi connectivity index (χ0n) is 74.2. The van der Waals surface area contributed by atoms with E-state index in [0.29, 0.717) is 107 Å². The largest absolute Gasteiger partial charge is 0.453 e. The first-order valence-electron chi connectivity index (χ1n) is 42.8. The molecule has 0 saturated carbocycles. The zero-order chi connectivity index (χ0) is 85.4. The molecule has 616 valence electrons. The van der Waals surface area contributed by atoms with Gasteiger partial charge in [0.05, 0.1) is 5.41 Å². The maximum atomic E-state index is 15.5. The van der Waals surface area contributed by atoms with E-state index in [2.05, 4.69) is 285 Å². The molecule has 3 aromatic heterocycles. The van der Waals surface area contributed by atoms with Gasteiger partial charge in [-0.15, -0.1) is 0 Å². The number of fused-ring (bicyclic) bond motifs is 17. The molecule has 16 nitrogen and oxygen atoms in total. The first kappa shape index (κ1) is 84.0. The van der Waals surface area contributed by atoms with Gasteiger partial charge in [-0.05, 0) is 188 Å². The van der Waals surface area contributed by atoms with Crippen molar-refractivity contribution in [2.24, 2.45) is 5.41 Å². The zero-order valence-corrected chi connectivity index (χ0v) is 74.2. The minimum Gasteiger partial charge on any atom is -0.453 e. The molecule has 0 spiro atoms. The highest BCUT2D eigenvalue weighted by atomic mass is 16.5. The number of H-pyrrole nitrogens is 2. The van der Waals surface area contributed by atoms with E-state index < -0.39 is 17.0 Å². The van der Waals surface area contributed by atoms with Gasteiger partial charge in [0.15, 0.2) is 46.1 Å². The van der Waals surface area contributed by atoms with Gasteiger partial charge in [0.1, 0.15) is 57.1 Å². The molecule has 9 aromatic carbocycles. The molecule has 2 N–H and O–H groups in total. The summed E-state index contributed by atoms with van der Waals surface area (Å²) in [6, 6.07) is 49.7. The number of nitrogens with one attached hydrogen (secondary N) is 2. The second-order valence-electron chi connectivity index (χ2n) is 36.5. The van der Waals surface area contributed by atoms with E-state index in [1.807, 2.05) is 36.4 Å². The lowest BCUT2D eigenvalue weighted by molar-refractivity contribution is 0.0680. The first-order chi connectivity index (χ1) is 56.5. The van der Waals surface area contributed by atoms with Crippen molar-refractivity contribution >= 4 is 55.7 Å². The molecule has 119 heavy (non-hydrogen) atoms. The van der Waals surface area contributed by atoms with Crippen LogP contribution in [0.25, 0.3) is 66.9 Å². The van der Waals surface area contributed by atoms with E-state index >= 15 is 9.59 Å². The monoisotopic (exact) mass is 1590 g/mol. The summed E-state index contributed by atoms with van der Waals surface area (Å²) in [5.74, 6) is 5.89. The lowest BCUT2D eigenvalue weighted by Gasteiger charge is -2.24. The minimum absolute atomic E-state index is 0.0607. The average Bonchev–Trinajstić information content (AvgIpc) is 1.62. The number of aromatic nitrogens is 8. The van der Waals surface area contributed by atoms with Gasteiger partial charge in [-0.3, -0.25) is 9.59 Å². The molecule has 14 rings (SSSR count). The van der Waals surface area contributed by atoms with Crippen molar-refractivity contribution in [3.05, 3.63) is 224 Å². The van der Waals surface area contributed by atoms with Crippen LogP contribution in [0.2, 0.25) is 0 Å². The van der Waals surface area contributed by atoms with Crippen LogP contribution in [-0.4, -0.2) is 51.4 Å². The molecule has 8 bridgehead atoms. The van der Waals surface area contributed by atoms with E-state index in [1.54, 1.807) is 13.8 Å². The number of carbonyl (C=O) groups excluding carboxylic acids is 2. The maximum absolute atomic E-state index is 15.5. The summed E-state index contributed by atoms with van der Waals surface area (Å²) in [7, 11) is 0. The number of nitrogens with zero attached hydrogens (tertiary/aromatic N) is 6. The summed E-state index contributed by atoms with van der Waals surface area (Å²) in [6.45, 7) is 55.3. The average molecular weight is 1590 g/mol. The SMILES string of the molecule is CC(C)c1cccc(C(C)C)c1Oc1cc2c(cc1Oc1c(C(C)C)cccc1C(C)C)-c1nc-2nc2nc(nc3[nH]c(nc4[nH]c(n1)c1cc(Oc5c(C(C)C)cccc5C(C)C)c(Oc5c(C(C)C)cccc5C(C)C)cc41)c1cc(Oc4c(C(C)C)cccc4C(C)C)c(Oc4c(C(C)C)cccc4C(C)C)cc31)C(=O)C(C)(C)C2=O. The third-order valence-corrected chi connectivity index (χ3v) is 23.3. The number of benzene rings is 9. The molecule has 12 aromatic rings. The van der Waals surface area contributed by atoms with Crippen LogP contribution < -0.4 is 28.4 Å². The van der Waals surface area contributed by atoms with Crippen LogP contribution in [0, 0.1) is 5.41 Å². The fourth-order valence-corrected chi connectivity index (χ4v) is 16.3. The van der Waals surface area contributed by atoms with Crippen molar-refractivity contribution in [2.45, 2.75) is 251 Å². The van der Waals surface area contributed by atoms with Crippen LogP contribution in [0.3, 0.4) is 0 Å². The molecule has 0 unspecified atom stereocenters. The van der Waals surface area contributed by atoms with Crippen LogP contribution >= 0.6 is 0 Å². The van der Waals surface area contributed by atoms with Gasteiger partial charge < -0.3 is 38.4 Å². The van der Waals surface area contributed by atoms with E-state index in [-0.39, 0.29) is 100.0 Å². The van der Waals surface area contributed by atoms with Crippen LogP contribution in [0.5, 0.6) is 69.0 Å². The summed E-state index contributed by atoms with van der Waals surface area (Å²) in [5, 5.41) is 2.23. The predicted octanol–water partition coefficient (Wildman–Crippen LogP) is 29.9. The lowest BCUT2D eigenvalue weighted by Crippen LogP contribution is -2.39. The fourth-order valence-electron chi connectivity index (χ4n) is 16.3. The van der Waals surface area contributed by atoms with Crippen molar-refractivity contribution in [2.75, 3.05) is 0 Å². The van der Waals surface area contributed by atoms with E-state index in [4.69, 9.17) is 58.3 Å². The molecule has 16 heteroatoms. The van der Waals surface area contributed by atoms with Crippen molar-refractivity contribution < 1.29 is 38.0 Å². The number of aromatic amines is 2. The van der Waals surface area contributed by atoms with Crippen LogP contribution in [-0.2, 0) is 0 Å². The first-order valence-corrected chi connectivity index (χ1v) is 42.8. The standard InChI is InChI=1S/C103H116N8O8/c1-51(2)63-33-27-34-64(52(3)4)87(63)114-81-45-75-76(46-82(81)115-88-65(53(5)6)35-28-36-66(88)54(7)8)96-104-95(75)105-97-77-47-83(116-89-67(55(9)10)37-29-38-68(89)56(11)12)85(118-91-71(59(17)18)41-31-42-72(91)60(19)20)49-79(77)99(107-97)109-101-93(112)103(25,26)94(113)102(111-101)110-100-80-50-86(119-92-73(61(21)22)43-32-44-74(92)62(23)24)84(48-78(80)98(106-96)108-100)117-90-69(57(13)14)39-30-40-70(90)58(15)16/h27-62H,1-26H3,(H2,104,105,106,107,108,109,110,111). The Kier molecular flexibility index (Phi) is 23.5. The smallest absolute Gasteiger partial charge is 0.213 e. The Hall–Kier alpha value is -11.5. The van der Waals surface area contributed by atoms with Crippen molar-refractivity contribution in [1.29, 1.82) is 0 Å². The van der Waals surface area contributed by atoms with Crippen LogP contribution in [0.1, 0.15) is 339 Å². The molecule has 0 aliphatic carbocycles. The molecule has 0 fully saturated rings. The Morgan fingerprint density at radius 1 is 0.235 bits per heavy atom. The normalized spacial score (nSPS) is 13.1. The number of rotatable bonds is 24. The third kappa shape index (κ3) is 16.1. The topological polar surface area (TPSA) is 198 Å². The Labute approximate surface area is 701 Å². The molecule has 2 aliphatic rings. The summed E-state index contributed by atoms with van der Waals surface area (Å²) in [6.07, 6.45) is 0. The molecule has 0 saturated heterocycles. The Balaban J connectivity index is 1.18. The summed E-state index contributed by atoms with van der Waals surface area (Å²) in [5.41, 5.74) is 12.6. The predicted molar refractivity (Wildman–Crippen MR) is 482 cm³/mol.